The Morgan fingerprint density at radius 1 is 0.367 bits per heavy atom. The molecule has 90 heavy (non-hydrogen) atoms. The fourth-order valence-corrected chi connectivity index (χ4v) is 19.7. The van der Waals surface area contributed by atoms with Gasteiger partial charge in [-0.1, -0.05) is 239 Å². The molecule has 482 valence electrons. The number of benzene rings is 3. The Kier molecular flexibility index (Phi) is 22.9. The Morgan fingerprint density at radius 3 is 1.11 bits per heavy atom. The zero-order chi connectivity index (χ0) is 62.8. The highest BCUT2D eigenvalue weighted by molar-refractivity contribution is 7.16. The van der Waals surface area contributed by atoms with Crippen LogP contribution in [0, 0.1) is 13.8 Å². The third-order valence-electron chi connectivity index (χ3n) is 21.4. The lowest BCUT2D eigenvalue weighted by molar-refractivity contribution is -0.123. The second-order valence-electron chi connectivity index (χ2n) is 27.6. The van der Waals surface area contributed by atoms with Gasteiger partial charge >= 0.3 is 0 Å². The minimum Gasteiger partial charge on any atom is -0.309 e. The smallest absolute Gasteiger partial charge is 0.261 e. The first-order valence-corrected chi connectivity index (χ1v) is 39.1. The van der Waals surface area contributed by atoms with Crippen molar-refractivity contribution in [2.24, 2.45) is 0 Å². The minimum absolute atomic E-state index is 0.127. The van der Waals surface area contributed by atoms with Crippen molar-refractivity contribution < 1.29 is 9.59 Å². The first-order valence-electron chi connectivity index (χ1n) is 36.0. The molecule has 0 saturated heterocycles. The molecule has 7 aromatic rings. The number of hydrogen-bond acceptors (Lipinski definition) is 10. The lowest BCUT2D eigenvalue weighted by atomic mass is 9.68. The van der Waals surface area contributed by atoms with Crippen molar-refractivity contribution in [3.05, 3.63) is 102 Å². The van der Waals surface area contributed by atoms with Crippen molar-refractivity contribution in [3.63, 3.8) is 0 Å². The van der Waals surface area contributed by atoms with Crippen molar-refractivity contribution >= 4 is 91.4 Å². The van der Waals surface area contributed by atoms with Gasteiger partial charge in [-0.15, -0.1) is 22.7 Å². The van der Waals surface area contributed by atoms with Gasteiger partial charge in [0.2, 0.25) is 0 Å². The highest BCUT2D eigenvalue weighted by Crippen LogP contribution is 2.64. The van der Waals surface area contributed by atoms with Crippen LogP contribution in [0.4, 0.5) is 0 Å². The van der Waals surface area contributed by atoms with Crippen LogP contribution in [0.1, 0.15) is 301 Å². The molecule has 4 aromatic heterocycles. The molecule has 6 heterocycles. The van der Waals surface area contributed by atoms with Gasteiger partial charge in [0.05, 0.1) is 55.8 Å². The monoisotopic (exact) mass is 1280 g/mol. The third kappa shape index (κ3) is 13.3. The Hall–Kier alpha value is -4.88. The van der Waals surface area contributed by atoms with Gasteiger partial charge in [0.1, 0.15) is 22.1 Å². The molecule has 0 fully saturated rings. The van der Waals surface area contributed by atoms with Crippen LogP contribution >= 0.6 is 46.1 Å². The molecule has 3 aromatic carbocycles. The number of carbonyl (C=O) groups excluding carboxylic acids is 2. The van der Waals surface area contributed by atoms with E-state index in [-0.39, 0.29) is 22.6 Å². The minimum atomic E-state index is -0.248. The van der Waals surface area contributed by atoms with Crippen LogP contribution in [0.25, 0.3) is 66.2 Å². The van der Waals surface area contributed by atoms with E-state index in [9.17, 15) is 9.59 Å². The summed E-state index contributed by atoms with van der Waals surface area (Å²) in [5.41, 5.74) is 20.0. The van der Waals surface area contributed by atoms with E-state index in [0.29, 0.717) is 22.5 Å². The number of aryl methyl sites for hydroxylation is 2. The number of hydrogen-bond donors (Lipinski definition) is 0. The molecule has 2 aliphatic carbocycles. The Bertz CT molecular complexity index is 3640. The molecule has 2 aliphatic heterocycles. The number of carbonyl (C=O) groups is 2. The number of amides is 2. The van der Waals surface area contributed by atoms with Crippen LogP contribution in [0.5, 0.6) is 0 Å². The molecule has 11 rings (SSSR count). The normalized spacial score (nSPS) is 15.5. The Balaban J connectivity index is 1.07. The summed E-state index contributed by atoms with van der Waals surface area (Å²) in [6, 6.07) is 19.2. The average molecular weight is 1290 g/mol. The fraction of sp³-hybridized carbons (Fsp3) is 0.590. The third-order valence-corrected chi connectivity index (χ3v) is 24.6. The first-order chi connectivity index (χ1) is 44.0. The van der Waals surface area contributed by atoms with E-state index >= 15 is 0 Å². The maximum Gasteiger partial charge on any atom is 0.261 e. The molecule has 2 amide bonds. The Morgan fingerprint density at radius 2 is 0.700 bits per heavy atom. The Labute approximate surface area is 556 Å². The first kappa shape index (κ1) is 66.6. The summed E-state index contributed by atoms with van der Waals surface area (Å²) in [6.45, 7) is 13.7. The molecular weight excluding hydrogens is 1180 g/mol. The van der Waals surface area contributed by atoms with Crippen LogP contribution in [0.2, 0.25) is 0 Å². The molecule has 0 spiro atoms. The SMILES string of the molecule is CCCCCCCCCCC1(CCCCCCCCCC)c2cc3c(cc2-c2c1cc(C)c1nsnc21)C(CCCCCCCCCC)(CCCCCCCCCC)c1cc(-c2ccc(C4=C5C(=O)N(C)C(c6ccc(C)s6)=C5C(=O)N4C)s2)c2nsnc2c1-3. The van der Waals surface area contributed by atoms with Crippen molar-refractivity contribution in [2.45, 2.75) is 284 Å². The molecule has 0 radical (unpaired) electrons. The molecule has 4 aliphatic rings. The molecule has 0 N–H and O–H groups in total. The van der Waals surface area contributed by atoms with E-state index in [1.54, 1.807) is 32.5 Å². The zero-order valence-electron chi connectivity index (χ0n) is 56.2. The summed E-state index contributed by atoms with van der Waals surface area (Å²) in [5.74, 6) is -0.254. The van der Waals surface area contributed by atoms with E-state index in [1.165, 1.54) is 279 Å². The van der Waals surface area contributed by atoms with E-state index in [4.69, 9.17) is 17.5 Å². The number of rotatable bonds is 39. The molecular formula is C78H104N6O2S4. The van der Waals surface area contributed by atoms with Crippen LogP contribution in [0.3, 0.4) is 0 Å². The molecule has 8 nitrogen and oxygen atoms in total. The second kappa shape index (κ2) is 30.9. The van der Waals surface area contributed by atoms with E-state index in [1.807, 2.05) is 20.2 Å². The van der Waals surface area contributed by atoms with Crippen molar-refractivity contribution in [3.8, 4) is 32.7 Å². The maximum absolute atomic E-state index is 14.5. The fourth-order valence-electron chi connectivity index (χ4n) is 16.5. The van der Waals surface area contributed by atoms with Crippen molar-refractivity contribution in [2.75, 3.05) is 14.1 Å². The van der Waals surface area contributed by atoms with Crippen molar-refractivity contribution in [1.29, 1.82) is 0 Å². The predicted molar refractivity (Wildman–Crippen MR) is 386 cm³/mol. The van der Waals surface area contributed by atoms with Gasteiger partial charge in [-0.2, -0.15) is 17.5 Å². The number of thiophene rings is 2. The largest absolute Gasteiger partial charge is 0.309 e. The highest BCUT2D eigenvalue weighted by atomic mass is 32.1. The van der Waals surface area contributed by atoms with Gasteiger partial charge in [-0.05, 0) is 121 Å². The van der Waals surface area contributed by atoms with Gasteiger partial charge < -0.3 is 9.80 Å². The van der Waals surface area contributed by atoms with Crippen molar-refractivity contribution in [1.82, 2.24) is 27.3 Å². The van der Waals surface area contributed by atoms with E-state index in [0.717, 1.165) is 72.8 Å². The number of likely N-dealkylation sites (N-methyl/N-ethyl adjacent to an activating group) is 2. The standard InChI is InChI=1S/C78H104N6O2S4/c1-9-13-17-21-25-29-33-37-45-77(46-38-34-30-26-22-18-14-10-2)58-51-56-59(50-55(58)65-60(77)49-53(5)69-71(65)81-89-79-69)78(47-39-35-31-27-23-19-15-11-3,48-40-36-32-28-24-20-16-12-4)61-52-57(70-72(66(56)61)82-90-80-70)62-43-44-64(88-62)74-68-67(75(85)84(74)8)73(83(7)76(68)86)63-42-41-54(6)87-63/h41-44,49-52H,9-40,45-48H2,1-8H3. The number of fused-ring (bicyclic) bond motifs is 11. The summed E-state index contributed by atoms with van der Waals surface area (Å²) < 4.78 is 21.1. The summed E-state index contributed by atoms with van der Waals surface area (Å²) in [7, 11) is 3.66. The summed E-state index contributed by atoms with van der Waals surface area (Å²) >= 11 is 6.05. The summed E-state index contributed by atoms with van der Waals surface area (Å²) in [5, 5.41) is 0. The lowest BCUT2D eigenvalue weighted by Crippen LogP contribution is -2.27. The molecule has 0 unspecified atom stereocenters. The molecule has 0 saturated carbocycles. The number of aromatic nitrogens is 4. The maximum atomic E-state index is 14.5. The van der Waals surface area contributed by atoms with Crippen LogP contribution in [-0.4, -0.2) is 53.2 Å². The second-order valence-corrected chi connectivity index (χ2v) is 31.1. The summed E-state index contributed by atoms with van der Waals surface area (Å²) in [4.78, 5) is 36.4. The molecule has 0 bridgehead atoms. The quantitative estimate of drug-likeness (QED) is 0.0357. The van der Waals surface area contributed by atoms with Gasteiger partial charge in [0.25, 0.3) is 11.8 Å². The van der Waals surface area contributed by atoms with Crippen LogP contribution in [-0.2, 0) is 20.4 Å². The zero-order valence-corrected chi connectivity index (χ0v) is 59.5. The lowest BCUT2D eigenvalue weighted by Gasteiger charge is -2.35. The predicted octanol–water partition coefficient (Wildman–Crippen LogP) is 23.8. The number of unbranched alkanes of at least 4 members (excludes halogenated alkanes) is 28. The molecule has 0 atom stereocenters. The number of nitrogens with zero attached hydrogens (tertiary/aromatic N) is 6. The highest BCUT2D eigenvalue weighted by Gasteiger charge is 2.51. The van der Waals surface area contributed by atoms with Crippen LogP contribution < -0.4 is 0 Å². The van der Waals surface area contributed by atoms with Gasteiger partial charge in [-0.3, -0.25) is 9.59 Å². The average Bonchev–Trinajstić information content (AvgIpc) is 1.52. The van der Waals surface area contributed by atoms with E-state index < -0.39 is 0 Å². The van der Waals surface area contributed by atoms with E-state index in [2.05, 4.69) is 84.0 Å². The van der Waals surface area contributed by atoms with Gasteiger partial charge in [0, 0.05) is 51.4 Å². The van der Waals surface area contributed by atoms with Gasteiger partial charge in [-0.25, -0.2) is 0 Å². The summed E-state index contributed by atoms with van der Waals surface area (Å²) in [6.07, 6.45) is 45.9. The molecule has 12 heteroatoms. The van der Waals surface area contributed by atoms with Crippen LogP contribution in [0.15, 0.2) is 59.7 Å². The van der Waals surface area contributed by atoms with Gasteiger partial charge in [0.15, 0.2) is 0 Å². The topological polar surface area (TPSA) is 92.2 Å².